The van der Waals surface area contributed by atoms with E-state index in [1.807, 2.05) is 12.1 Å². The molecule has 10 heteroatoms. The van der Waals surface area contributed by atoms with Crippen LogP contribution in [0.5, 0.6) is 0 Å². The van der Waals surface area contributed by atoms with E-state index in [4.69, 9.17) is 0 Å². The van der Waals surface area contributed by atoms with Gasteiger partial charge in [-0.2, -0.15) is 9.38 Å². The number of carbonyl (C=O) groups is 1. The molecule has 1 aliphatic rings. The molecule has 144 valence electrons. The van der Waals surface area contributed by atoms with Crippen molar-refractivity contribution in [2.75, 3.05) is 16.8 Å². The summed E-state index contributed by atoms with van der Waals surface area (Å²) < 4.78 is 1.45. The number of thiazole rings is 1. The van der Waals surface area contributed by atoms with Gasteiger partial charge in [-0.3, -0.25) is 9.78 Å². The maximum absolute atomic E-state index is 12.8. The Labute approximate surface area is 168 Å². The van der Waals surface area contributed by atoms with Gasteiger partial charge in [0, 0.05) is 35.7 Å². The van der Waals surface area contributed by atoms with Crippen LogP contribution in [0.25, 0.3) is 4.96 Å². The summed E-state index contributed by atoms with van der Waals surface area (Å²) in [7, 11) is 0. The van der Waals surface area contributed by atoms with Crippen LogP contribution in [0.15, 0.2) is 54.3 Å². The van der Waals surface area contributed by atoms with Crippen molar-refractivity contribution < 1.29 is 9.72 Å². The van der Waals surface area contributed by atoms with Crippen LogP contribution in [0.4, 0.5) is 23.0 Å². The van der Waals surface area contributed by atoms with E-state index in [0.29, 0.717) is 29.2 Å². The molecule has 4 aromatic rings. The number of carbonyl (C=O) groups excluding carboxylic acids is 1. The minimum atomic E-state index is -0.448. The zero-order chi connectivity index (χ0) is 20.0. The largest absolute Gasteiger partial charge is 0.373 e. The van der Waals surface area contributed by atoms with Gasteiger partial charge in [-0.05, 0) is 47.2 Å². The number of nitrogens with one attached hydrogen (secondary N) is 1. The number of amides is 1. The molecule has 0 aliphatic carbocycles. The van der Waals surface area contributed by atoms with Crippen LogP contribution in [-0.2, 0) is 6.42 Å². The molecule has 0 atom stereocenters. The molecule has 4 heterocycles. The second-order valence-electron chi connectivity index (χ2n) is 6.51. The van der Waals surface area contributed by atoms with Crippen molar-refractivity contribution >= 4 is 45.2 Å². The van der Waals surface area contributed by atoms with Crippen molar-refractivity contribution in [1.82, 2.24) is 14.4 Å². The monoisotopic (exact) mass is 406 g/mol. The Bertz CT molecular complexity index is 1250. The highest BCUT2D eigenvalue weighted by Gasteiger charge is 2.27. The number of nitrogens with zero attached hydrogens (tertiary/aromatic N) is 5. The summed E-state index contributed by atoms with van der Waals surface area (Å²) in [5, 5.41) is 16.3. The van der Waals surface area contributed by atoms with E-state index in [1.54, 1.807) is 47.1 Å². The van der Waals surface area contributed by atoms with E-state index in [1.165, 1.54) is 15.7 Å². The van der Waals surface area contributed by atoms with Crippen molar-refractivity contribution in [2.24, 2.45) is 0 Å². The van der Waals surface area contributed by atoms with E-state index >= 15 is 0 Å². The number of hydrogen-bond acceptors (Lipinski definition) is 7. The van der Waals surface area contributed by atoms with Crippen LogP contribution >= 0.6 is 11.3 Å². The molecule has 0 saturated heterocycles. The molecule has 29 heavy (non-hydrogen) atoms. The lowest BCUT2D eigenvalue weighted by atomic mass is 10.1. The summed E-state index contributed by atoms with van der Waals surface area (Å²) in [6.07, 6.45) is 5.52. The average molecular weight is 406 g/mol. The highest BCUT2D eigenvalue weighted by molar-refractivity contribution is 7.15. The fourth-order valence-electron chi connectivity index (χ4n) is 3.50. The number of fused-ring (bicyclic) bond motifs is 2. The number of nitro groups is 1. The van der Waals surface area contributed by atoms with E-state index in [9.17, 15) is 14.9 Å². The van der Waals surface area contributed by atoms with Gasteiger partial charge in [0.2, 0.25) is 5.82 Å². The van der Waals surface area contributed by atoms with E-state index in [2.05, 4.69) is 15.3 Å². The summed E-state index contributed by atoms with van der Waals surface area (Å²) in [6.45, 7) is 0.576. The second-order valence-corrected chi connectivity index (χ2v) is 7.39. The van der Waals surface area contributed by atoms with Gasteiger partial charge in [0.15, 0.2) is 0 Å². The zero-order valence-corrected chi connectivity index (χ0v) is 15.8. The number of aromatic nitrogens is 3. The fourth-order valence-corrected chi connectivity index (χ4v) is 4.21. The predicted octanol–water partition coefficient (Wildman–Crippen LogP) is 3.65. The number of rotatable bonds is 4. The normalized spacial score (nSPS) is 12.9. The van der Waals surface area contributed by atoms with Gasteiger partial charge < -0.3 is 20.3 Å². The molecule has 1 amide bonds. The minimum absolute atomic E-state index is 0.0949. The second kappa shape index (κ2) is 6.67. The molecule has 0 fully saturated rings. The van der Waals surface area contributed by atoms with Gasteiger partial charge in [-0.1, -0.05) is 11.3 Å². The van der Waals surface area contributed by atoms with Crippen molar-refractivity contribution in [3.63, 3.8) is 0 Å². The highest BCUT2D eigenvalue weighted by atomic mass is 32.1. The van der Waals surface area contributed by atoms with Gasteiger partial charge >= 0.3 is 5.82 Å². The summed E-state index contributed by atoms with van der Waals surface area (Å²) in [6, 6.07) is 9.03. The molecule has 0 radical (unpaired) electrons. The number of hydrogen-bond donors (Lipinski definition) is 1. The first kappa shape index (κ1) is 17.3. The smallest absolute Gasteiger partial charge is 0.358 e. The van der Waals surface area contributed by atoms with E-state index < -0.39 is 4.92 Å². The Morgan fingerprint density at radius 2 is 2.21 bits per heavy atom. The van der Waals surface area contributed by atoms with E-state index in [0.717, 1.165) is 11.3 Å². The van der Waals surface area contributed by atoms with Gasteiger partial charge in [0.1, 0.15) is 6.20 Å². The van der Waals surface area contributed by atoms with Crippen molar-refractivity contribution in [2.45, 2.75) is 6.42 Å². The summed E-state index contributed by atoms with van der Waals surface area (Å²) in [5.74, 6) is 0.000699. The Kier molecular flexibility index (Phi) is 3.98. The molecule has 0 saturated carbocycles. The Balaban J connectivity index is 1.44. The quantitative estimate of drug-likeness (QED) is 0.410. The maximum atomic E-state index is 12.8. The third-order valence-corrected chi connectivity index (χ3v) is 5.56. The standard InChI is InChI=1S/C19H14N6O3S/c26-18(13-2-1-6-20-11-13)23-7-5-12-10-14(3-4-15(12)23)21-16-17(25(27)28)24-8-9-29-19(24)22-16/h1-4,6,8-11,21H,5,7H2. The molecule has 0 spiro atoms. The molecule has 0 bridgehead atoms. The Morgan fingerprint density at radius 3 is 3.00 bits per heavy atom. The van der Waals surface area contributed by atoms with Gasteiger partial charge in [-0.25, -0.2) is 0 Å². The lowest BCUT2D eigenvalue weighted by Crippen LogP contribution is -2.28. The molecule has 3 aromatic heterocycles. The average Bonchev–Trinajstić information content (AvgIpc) is 3.41. The topological polar surface area (TPSA) is 106 Å². The Hall–Kier alpha value is -3.79. The maximum Gasteiger partial charge on any atom is 0.373 e. The minimum Gasteiger partial charge on any atom is -0.358 e. The first-order valence-electron chi connectivity index (χ1n) is 8.83. The third-order valence-electron chi connectivity index (χ3n) is 4.80. The Morgan fingerprint density at radius 1 is 1.31 bits per heavy atom. The SMILES string of the molecule is O=C(c1cccnc1)N1CCc2cc(Nc3nc4sccn4c3[N+](=O)[O-])ccc21. The molecule has 1 aliphatic heterocycles. The highest BCUT2D eigenvalue weighted by Crippen LogP contribution is 2.35. The number of imidazole rings is 1. The zero-order valence-electron chi connectivity index (χ0n) is 15.0. The van der Waals surface area contributed by atoms with Crippen LogP contribution in [-0.4, -0.2) is 31.7 Å². The molecular formula is C19H14N6O3S. The van der Waals surface area contributed by atoms with E-state index in [-0.39, 0.29) is 17.5 Å². The fraction of sp³-hybridized carbons (Fsp3) is 0.105. The van der Waals surface area contributed by atoms with Crippen molar-refractivity contribution in [1.29, 1.82) is 0 Å². The van der Waals surface area contributed by atoms with Crippen LogP contribution in [0.3, 0.4) is 0 Å². The van der Waals surface area contributed by atoms with Crippen LogP contribution in [0.1, 0.15) is 15.9 Å². The van der Waals surface area contributed by atoms with Crippen LogP contribution < -0.4 is 10.2 Å². The molecular weight excluding hydrogens is 392 g/mol. The number of pyridine rings is 1. The lowest BCUT2D eigenvalue weighted by molar-refractivity contribution is -0.389. The van der Waals surface area contributed by atoms with Gasteiger partial charge in [0.25, 0.3) is 10.9 Å². The summed E-state index contributed by atoms with van der Waals surface area (Å²) >= 11 is 1.33. The van der Waals surface area contributed by atoms with Gasteiger partial charge in [0.05, 0.1) is 5.56 Å². The van der Waals surface area contributed by atoms with Crippen molar-refractivity contribution in [3.05, 3.63) is 75.5 Å². The number of benzene rings is 1. The molecule has 5 rings (SSSR count). The van der Waals surface area contributed by atoms with Crippen molar-refractivity contribution in [3.8, 4) is 0 Å². The molecule has 1 N–H and O–H groups in total. The first-order valence-corrected chi connectivity index (χ1v) is 9.71. The third kappa shape index (κ3) is 2.90. The lowest BCUT2D eigenvalue weighted by Gasteiger charge is -2.17. The summed E-state index contributed by atoms with van der Waals surface area (Å²) in [4.78, 5) is 34.4. The van der Waals surface area contributed by atoms with Crippen LogP contribution in [0, 0.1) is 10.1 Å². The first-order chi connectivity index (χ1) is 14.1. The molecule has 0 unspecified atom stereocenters. The predicted molar refractivity (Wildman–Crippen MR) is 109 cm³/mol. The van der Waals surface area contributed by atoms with Gasteiger partial charge in [-0.15, -0.1) is 0 Å². The summed E-state index contributed by atoms with van der Waals surface area (Å²) in [5.41, 5.74) is 3.06. The number of anilines is 3. The van der Waals surface area contributed by atoms with Crippen LogP contribution in [0.2, 0.25) is 0 Å². The molecule has 1 aromatic carbocycles. The molecule has 9 nitrogen and oxygen atoms in total.